The molecule has 0 spiro atoms. The number of aromatic hydroxyl groups is 1. The van der Waals surface area contributed by atoms with Crippen molar-refractivity contribution in [2.75, 3.05) is 0 Å². The summed E-state index contributed by atoms with van der Waals surface area (Å²) >= 11 is 0. The number of hydrogen-bond acceptors (Lipinski definition) is 1. The molecular weight excluding hydrogens is 208 g/mol. The van der Waals surface area contributed by atoms with Gasteiger partial charge in [0.25, 0.3) is 0 Å². The molecule has 0 saturated carbocycles. The summed E-state index contributed by atoms with van der Waals surface area (Å²) in [5, 5.41) is 9.35. The van der Waals surface area contributed by atoms with Crippen LogP contribution in [0, 0.1) is 0 Å². The Hall–Kier alpha value is -1.76. The first-order valence-corrected chi connectivity index (χ1v) is 6.16. The van der Waals surface area contributed by atoms with Crippen molar-refractivity contribution in [3.05, 3.63) is 65.7 Å². The highest BCUT2D eigenvalue weighted by Gasteiger charge is 1.96. The number of hydrogen-bond donors (Lipinski definition) is 1. The van der Waals surface area contributed by atoms with Gasteiger partial charge < -0.3 is 5.11 Å². The van der Waals surface area contributed by atoms with Gasteiger partial charge in [0, 0.05) is 0 Å². The van der Waals surface area contributed by atoms with Gasteiger partial charge in [-0.25, -0.2) is 0 Å². The summed E-state index contributed by atoms with van der Waals surface area (Å²) in [6.45, 7) is 0. The first kappa shape index (κ1) is 11.7. The third-order valence-corrected chi connectivity index (χ3v) is 2.93. The quantitative estimate of drug-likeness (QED) is 0.765. The van der Waals surface area contributed by atoms with Crippen molar-refractivity contribution < 1.29 is 5.11 Å². The second-order valence-corrected chi connectivity index (χ2v) is 4.36. The zero-order valence-electron chi connectivity index (χ0n) is 9.97. The Balaban J connectivity index is 1.73. The van der Waals surface area contributed by atoms with Crippen molar-refractivity contribution in [3.8, 4) is 5.75 Å². The molecule has 1 N–H and O–H groups in total. The standard InChI is InChI=1S/C16H18O/c17-16-12-6-11-15(13-16)10-5-4-9-14-7-2-1-3-8-14/h1-3,6-8,11-13,17H,4-5,9-10H2. The lowest BCUT2D eigenvalue weighted by Crippen LogP contribution is -1.89. The Bertz CT molecular complexity index is 448. The first-order valence-electron chi connectivity index (χ1n) is 6.16. The van der Waals surface area contributed by atoms with E-state index < -0.39 is 0 Å². The summed E-state index contributed by atoms with van der Waals surface area (Å²) in [7, 11) is 0. The topological polar surface area (TPSA) is 20.2 Å². The fourth-order valence-corrected chi connectivity index (χ4v) is 2.01. The smallest absolute Gasteiger partial charge is 0.115 e. The van der Waals surface area contributed by atoms with Gasteiger partial charge in [-0.1, -0.05) is 42.5 Å². The van der Waals surface area contributed by atoms with E-state index >= 15 is 0 Å². The lowest BCUT2D eigenvalue weighted by atomic mass is 10.0. The fourth-order valence-electron chi connectivity index (χ4n) is 2.01. The van der Waals surface area contributed by atoms with Crippen LogP contribution in [0.2, 0.25) is 0 Å². The molecule has 0 aliphatic rings. The molecule has 0 saturated heterocycles. The lowest BCUT2D eigenvalue weighted by Gasteiger charge is -2.03. The van der Waals surface area contributed by atoms with Crippen LogP contribution in [0.25, 0.3) is 0 Å². The van der Waals surface area contributed by atoms with Gasteiger partial charge >= 0.3 is 0 Å². The SMILES string of the molecule is Oc1cccc(CCCCc2ccccc2)c1. The number of phenolic OH excluding ortho intramolecular Hbond substituents is 1. The van der Waals surface area contributed by atoms with E-state index in [0.29, 0.717) is 5.75 Å². The number of benzene rings is 2. The van der Waals surface area contributed by atoms with Crippen molar-refractivity contribution in [2.24, 2.45) is 0 Å². The van der Waals surface area contributed by atoms with Crippen LogP contribution in [-0.4, -0.2) is 5.11 Å². The summed E-state index contributed by atoms with van der Waals surface area (Å²) in [6, 6.07) is 18.1. The maximum atomic E-state index is 9.35. The molecule has 0 fully saturated rings. The molecule has 0 bridgehead atoms. The van der Waals surface area contributed by atoms with Crippen LogP contribution in [0.4, 0.5) is 0 Å². The highest BCUT2D eigenvalue weighted by Crippen LogP contribution is 2.14. The Labute approximate surface area is 103 Å². The van der Waals surface area contributed by atoms with E-state index in [1.807, 2.05) is 12.1 Å². The van der Waals surface area contributed by atoms with E-state index in [2.05, 4.69) is 36.4 Å². The molecule has 1 nitrogen and oxygen atoms in total. The van der Waals surface area contributed by atoms with E-state index in [0.717, 1.165) is 12.8 Å². The minimum atomic E-state index is 0.366. The second kappa shape index (κ2) is 6.09. The summed E-state index contributed by atoms with van der Waals surface area (Å²) in [5.41, 5.74) is 2.63. The molecule has 2 rings (SSSR count). The lowest BCUT2D eigenvalue weighted by molar-refractivity contribution is 0.474. The van der Waals surface area contributed by atoms with Crippen molar-refractivity contribution in [3.63, 3.8) is 0 Å². The Morgan fingerprint density at radius 1 is 0.706 bits per heavy atom. The van der Waals surface area contributed by atoms with Gasteiger partial charge in [0.05, 0.1) is 0 Å². The molecule has 1 heteroatoms. The van der Waals surface area contributed by atoms with Crippen LogP contribution >= 0.6 is 0 Å². The van der Waals surface area contributed by atoms with E-state index in [1.165, 1.54) is 24.0 Å². The predicted octanol–water partition coefficient (Wildman–Crippen LogP) is 3.96. The summed E-state index contributed by atoms with van der Waals surface area (Å²) in [6.07, 6.45) is 4.54. The van der Waals surface area contributed by atoms with Crippen LogP contribution in [0.15, 0.2) is 54.6 Å². The zero-order chi connectivity index (χ0) is 11.9. The molecule has 0 unspecified atom stereocenters. The van der Waals surface area contributed by atoms with Crippen LogP contribution in [0.1, 0.15) is 24.0 Å². The largest absolute Gasteiger partial charge is 0.508 e. The predicted molar refractivity (Wildman–Crippen MR) is 71.2 cm³/mol. The average Bonchev–Trinajstić information content (AvgIpc) is 2.36. The van der Waals surface area contributed by atoms with Gasteiger partial charge in [0.2, 0.25) is 0 Å². The number of unbranched alkanes of at least 4 members (excludes halogenated alkanes) is 1. The summed E-state index contributed by atoms with van der Waals surface area (Å²) < 4.78 is 0. The monoisotopic (exact) mass is 226 g/mol. The number of rotatable bonds is 5. The van der Waals surface area contributed by atoms with Gasteiger partial charge in [-0.2, -0.15) is 0 Å². The molecule has 0 atom stereocenters. The van der Waals surface area contributed by atoms with Gasteiger partial charge in [-0.05, 0) is 48.9 Å². The van der Waals surface area contributed by atoms with Crippen LogP contribution < -0.4 is 0 Å². The minimum absolute atomic E-state index is 0.366. The van der Waals surface area contributed by atoms with Gasteiger partial charge in [0.1, 0.15) is 5.75 Å². The van der Waals surface area contributed by atoms with Crippen molar-refractivity contribution >= 4 is 0 Å². The van der Waals surface area contributed by atoms with Crippen molar-refractivity contribution in [1.82, 2.24) is 0 Å². The summed E-state index contributed by atoms with van der Waals surface area (Å²) in [4.78, 5) is 0. The van der Waals surface area contributed by atoms with Crippen LogP contribution in [-0.2, 0) is 12.8 Å². The summed E-state index contributed by atoms with van der Waals surface area (Å²) in [5.74, 6) is 0.366. The highest BCUT2D eigenvalue weighted by molar-refractivity contribution is 5.27. The molecule has 0 aromatic heterocycles. The number of aryl methyl sites for hydroxylation is 2. The third kappa shape index (κ3) is 3.95. The Kier molecular flexibility index (Phi) is 4.20. The average molecular weight is 226 g/mol. The normalized spacial score (nSPS) is 10.4. The van der Waals surface area contributed by atoms with Crippen LogP contribution in [0.5, 0.6) is 5.75 Å². The van der Waals surface area contributed by atoms with E-state index in [-0.39, 0.29) is 0 Å². The molecule has 0 radical (unpaired) electrons. The van der Waals surface area contributed by atoms with Gasteiger partial charge in [-0.15, -0.1) is 0 Å². The van der Waals surface area contributed by atoms with E-state index in [1.54, 1.807) is 6.07 Å². The maximum absolute atomic E-state index is 9.35. The molecule has 0 amide bonds. The van der Waals surface area contributed by atoms with E-state index in [4.69, 9.17) is 0 Å². The molecule has 2 aromatic carbocycles. The third-order valence-electron chi connectivity index (χ3n) is 2.93. The molecule has 17 heavy (non-hydrogen) atoms. The van der Waals surface area contributed by atoms with Gasteiger partial charge in [0.15, 0.2) is 0 Å². The van der Waals surface area contributed by atoms with Crippen molar-refractivity contribution in [1.29, 1.82) is 0 Å². The second-order valence-electron chi connectivity index (χ2n) is 4.36. The molecular formula is C16H18O. The maximum Gasteiger partial charge on any atom is 0.115 e. The van der Waals surface area contributed by atoms with Crippen molar-refractivity contribution in [2.45, 2.75) is 25.7 Å². The molecule has 0 heterocycles. The molecule has 88 valence electrons. The highest BCUT2D eigenvalue weighted by atomic mass is 16.3. The first-order chi connectivity index (χ1) is 8.34. The minimum Gasteiger partial charge on any atom is -0.508 e. The van der Waals surface area contributed by atoms with Gasteiger partial charge in [-0.3, -0.25) is 0 Å². The van der Waals surface area contributed by atoms with E-state index in [9.17, 15) is 5.11 Å². The Morgan fingerprint density at radius 3 is 2.06 bits per heavy atom. The Morgan fingerprint density at radius 2 is 1.35 bits per heavy atom. The van der Waals surface area contributed by atoms with Crippen LogP contribution in [0.3, 0.4) is 0 Å². The molecule has 0 aliphatic heterocycles. The zero-order valence-corrected chi connectivity index (χ0v) is 9.97. The number of phenols is 1. The fraction of sp³-hybridized carbons (Fsp3) is 0.250. The molecule has 2 aromatic rings. The molecule has 0 aliphatic carbocycles.